The molecule has 4 heterocycles. The van der Waals surface area contributed by atoms with Crippen LogP contribution in [-0.4, -0.2) is 83.6 Å². The van der Waals surface area contributed by atoms with Gasteiger partial charge in [0.1, 0.15) is 17.5 Å². The molecule has 1 fully saturated rings. The van der Waals surface area contributed by atoms with Crippen molar-refractivity contribution in [2.45, 2.75) is 40.2 Å². The van der Waals surface area contributed by atoms with Crippen LogP contribution in [0.3, 0.4) is 0 Å². The van der Waals surface area contributed by atoms with Crippen molar-refractivity contribution in [3.05, 3.63) is 35.2 Å². The first-order valence-electron chi connectivity index (χ1n) is 12.6. The summed E-state index contributed by atoms with van der Waals surface area (Å²) in [6.45, 7) is 16.0. The molecule has 190 valence electrons. The molecule has 10 nitrogen and oxygen atoms in total. The summed E-state index contributed by atoms with van der Waals surface area (Å²) >= 11 is 0. The van der Waals surface area contributed by atoms with Crippen LogP contribution in [0.1, 0.15) is 45.1 Å². The number of anilines is 3. The summed E-state index contributed by atoms with van der Waals surface area (Å²) in [5.74, 6) is 4.37. The van der Waals surface area contributed by atoms with Gasteiger partial charge in [-0.1, -0.05) is 32.9 Å². The van der Waals surface area contributed by atoms with Gasteiger partial charge < -0.3 is 25.4 Å². The van der Waals surface area contributed by atoms with Crippen LogP contribution in [-0.2, 0) is 6.54 Å². The second-order valence-corrected chi connectivity index (χ2v) is 9.96. The maximum atomic E-state index is 5.45. The molecule has 2 aromatic heterocycles. The summed E-state index contributed by atoms with van der Waals surface area (Å²) in [6, 6.07) is 3.91. The van der Waals surface area contributed by atoms with Crippen LogP contribution in [0.5, 0.6) is 0 Å². The number of aromatic nitrogens is 3. The monoisotopic (exact) mass is 481 g/mol. The number of rotatable bonds is 10. The lowest BCUT2D eigenvalue weighted by Crippen LogP contribution is -2.45. The van der Waals surface area contributed by atoms with Crippen LogP contribution >= 0.6 is 0 Å². The number of hydrogen-bond donors (Lipinski definition) is 3. The topological polar surface area (TPSA) is 107 Å². The highest BCUT2D eigenvalue weighted by Gasteiger charge is 2.15. The Hall–Kier alpha value is -2.98. The second kappa shape index (κ2) is 11.6. The van der Waals surface area contributed by atoms with Gasteiger partial charge in [0.15, 0.2) is 5.76 Å². The lowest BCUT2D eigenvalue weighted by molar-refractivity contribution is 0.158. The first-order valence-corrected chi connectivity index (χ1v) is 12.6. The molecule has 4 rings (SSSR count). The van der Waals surface area contributed by atoms with Crippen molar-refractivity contribution >= 4 is 23.4 Å². The van der Waals surface area contributed by atoms with Crippen LogP contribution in [0.25, 0.3) is 0 Å². The Kier molecular flexibility index (Phi) is 8.35. The van der Waals surface area contributed by atoms with Crippen molar-refractivity contribution in [3.63, 3.8) is 0 Å². The van der Waals surface area contributed by atoms with E-state index in [2.05, 4.69) is 86.7 Å². The lowest BCUT2D eigenvalue weighted by atomic mass is 10.0. The summed E-state index contributed by atoms with van der Waals surface area (Å²) in [7, 11) is 2.18. The molecular formula is C25H39N9O. The predicted molar refractivity (Wildman–Crippen MR) is 141 cm³/mol. The molecule has 2 aliphatic rings. The predicted octanol–water partition coefficient (Wildman–Crippen LogP) is 3.27. The third-order valence-electron chi connectivity index (χ3n) is 6.40. The van der Waals surface area contributed by atoms with E-state index >= 15 is 0 Å². The van der Waals surface area contributed by atoms with Crippen molar-refractivity contribution in [2.24, 2.45) is 10.9 Å². The number of nitrogens with one attached hydrogen (secondary N) is 3. The van der Waals surface area contributed by atoms with Gasteiger partial charge in [-0.15, -0.1) is 0 Å². The van der Waals surface area contributed by atoms with Gasteiger partial charge in [-0.2, -0.15) is 9.97 Å². The Balaban J connectivity index is 1.42. The minimum atomic E-state index is 0.323. The van der Waals surface area contributed by atoms with E-state index in [-0.39, 0.29) is 0 Å². The Labute approximate surface area is 208 Å². The quantitative estimate of drug-likeness (QED) is 0.471. The normalized spacial score (nSPS) is 17.1. The molecule has 0 amide bonds. The Morgan fingerprint density at radius 1 is 0.971 bits per heavy atom. The van der Waals surface area contributed by atoms with Crippen LogP contribution < -0.4 is 16.0 Å². The van der Waals surface area contributed by atoms with Gasteiger partial charge in [0.05, 0.1) is 18.8 Å². The Morgan fingerprint density at radius 3 is 2.43 bits per heavy atom. The van der Waals surface area contributed by atoms with E-state index in [1.807, 2.05) is 12.1 Å². The zero-order valence-electron chi connectivity index (χ0n) is 21.6. The molecular weight excluding hydrogens is 442 g/mol. The number of aliphatic imine (C=N–C) groups is 1. The SMILES string of the molecule is CC(C)C1=CC(Nc2cc(NCCN3CCN(C)CC3)nc(NCc3cc(C(C)C)no3)n2)=NC1. The summed E-state index contributed by atoms with van der Waals surface area (Å²) in [6.07, 6.45) is 2.11. The van der Waals surface area contributed by atoms with Crippen molar-refractivity contribution in [3.8, 4) is 0 Å². The third-order valence-corrected chi connectivity index (χ3v) is 6.40. The van der Waals surface area contributed by atoms with Crippen LogP contribution in [0.2, 0.25) is 0 Å². The first-order chi connectivity index (χ1) is 16.9. The maximum absolute atomic E-state index is 5.45. The van der Waals surface area contributed by atoms with Crippen LogP contribution in [0.4, 0.5) is 17.6 Å². The highest BCUT2D eigenvalue weighted by molar-refractivity contribution is 6.05. The summed E-state index contributed by atoms with van der Waals surface area (Å²) in [5.41, 5.74) is 2.26. The van der Waals surface area contributed by atoms with Gasteiger partial charge in [0.2, 0.25) is 5.95 Å². The van der Waals surface area contributed by atoms with Crippen molar-refractivity contribution in [2.75, 3.05) is 68.8 Å². The molecule has 0 atom stereocenters. The molecule has 2 aliphatic heterocycles. The van der Waals surface area contributed by atoms with Crippen LogP contribution in [0, 0.1) is 5.92 Å². The highest BCUT2D eigenvalue weighted by atomic mass is 16.5. The standard InChI is InChI=1S/C25H39N9O/c1-17(2)19-12-22(27-15-19)29-24-14-23(26-6-7-34-10-8-33(5)9-11-34)30-25(31-24)28-16-20-13-21(18(3)4)32-35-20/h12-14,17-18H,6-11,15-16H2,1-5H3,(H3,26,27,28,29,30,31). The van der Waals surface area contributed by atoms with Gasteiger partial charge in [-0.25, -0.2) is 0 Å². The molecule has 1 saturated heterocycles. The molecule has 3 N–H and O–H groups in total. The van der Waals surface area contributed by atoms with Crippen LogP contribution in [0.15, 0.2) is 33.3 Å². The fraction of sp³-hybridized carbons (Fsp3) is 0.600. The van der Waals surface area contributed by atoms with E-state index in [9.17, 15) is 0 Å². The molecule has 0 spiro atoms. The van der Waals surface area contributed by atoms with Crippen molar-refractivity contribution < 1.29 is 4.52 Å². The molecule has 0 radical (unpaired) electrons. The summed E-state index contributed by atoms with van der Waals surface area (Å²) < 4.78 is 5.45. The van der Waals surface area contributed by atoms with Gasteiger partial charge in [0, 0.05) is 51.4 Å². The summed E-state index contributed by atoms with van der Waals surface area (Å²) in [5, 5.41) is 14.3. The van der Waals surface area contributed by atoms with E-state index < -0.39 is 0 Å². The molecule has 35 heavy (non-hydrogen) atoms. The largest absolute Gasteiger partial charge is 0.369 e. The van der Waals surface area contributed by atoms with Gasteiger partial charge in [0.25, 0.3) is 0 Å². The molecule has 0 bridgehead atoms. The lowest BCUT2D eigenvalue weighted by Gasteiger charge is -2.32. The molecule has 0 aliphatic carbocycles. The molecule has 0 saturated carbocycles. The third kappa shape index (κ3) is 7.25. The number of piperazine rings is 1. The van der Waals surface area contributed by atoms with Crippen molar-refractivity contribution in [1.82, 2.24) is 24.9 Å². The maximum Gasteiger partial charge on any atom is 0.227 e. The molecule has 0 aromatic carbocycles. The minimum Gasteiger partial charge on any atom is -0.369 e. The van der Waals surface area contributed by atoms with E-state index in [1.165, 1.54) is 5.57 Å². The number of hydrogen-bond acceptors (Lipinski definition) is 10. The zero-order chi connectivity index (χ0) is 24.8. The van der Waals surface area contributed by atoms with Gasteiger partial charge in [-0.05, 0) is 30.5 Å². The number of nitrogens with zero attached hydrogens (tertiary/aromatic N) is 6. The summed E-state index contributed by atoms with van der Waals surface area (Å²) in [4.78, 5) is 18.8. The smallest absolute Gasteiger partial charge is 0.227 e. The highest BCUT2D eigenvalue weighted by Crippen LogP contribution is 2.20. The Bertz CT molecular complexity index is 1040. The van der Waals surface area contributed by atoms with Gasteiger partial charge in [-0.3, -0.25) is 9.89 Å². The molecule has 10 heteroatoms. The molecule has 0 unspecified atom stereocenters. The second-order valence-electron chi connectivity index (χ2n) is 9.96. The number of likely N-dealkylation sites (N-methyl/N-ethyl adjacent to an activating group) is 1. The van der Waals surface area contributed by atoms with E-state index in [0.29, 0.717) is 30.1 Å². The van der Waals surface area contributed by atoms with Gasteiger partial charge >= 0.3 is 0 Å². The van der Waals surface area contributed by atoms with E-state index in [0.717, 1.165) is 68.9 Å². The fourth-order valence-electron chi connectivity index (χ4n) is 3.94. The minimum absolute atomic E-state index is 0.323. The average molecular weight is 482 g/mol. The zero-order valence-corrected chi connectivity index (χ0v) is 21.6. The first kappa shape index (κ1) is 25.1. The van der Waals surface area contributed by atoms with E-state index in [1.54, 1.807) is 0 Å². The van der Waals surface area contributed by atoms with Crippen molar-refractivity contribution in [1.29, 1.82) is 0 Å². The number of amidine groups is 1. The average Bonchev–Trinajstić information content (AvgIpc) is 3.49. The van der Waals surface area contributed by atoms with E-state index in [4.69, 9.17) is 4.52 Å². The fourth-order valence-corrected chi connectivity index (χ4v) is 3.94. The molecule has 2 aromatic rings. The Morgan fingerprint density at radius 2 is 1.74 bits per heavy atom.